The summed E-state index contributed by atoms with van der Waals surface area (Å²) in [6, 6.07) is 10.4. The van der Waals surface area contributed by atoms with Gasteiger partial charge in [-0.3, -0.25) is 9.89 Å². The first-order chi connectivity index (χ1) is 13.4. The molecule has 5 rings (SSSR count). The van der Waals surface area contributed by atoms with E-state index in [1.54, 1.807) is 0 Å². The van der Waals surface area contributed by atoms with Gasteiger partial charge >= 0.3 is 6.03 Å². The summed E-state index contributed by atoms with van der Waals surface area (Å²) in [6.45, 7) is 4.45. The largest absolute Gasteiger partial charge is 0.335 e. The summed E-state index contributed by atoms with van der Waals surface area (Å²) in [7, 11) is 0. The van der Waals surface area contributed by atoms with Crippen LogP contribution in [0.4, 0.5) is 10.6 Å². The maximum atomic E-state index is 13.0. The van der Waals surface area contributed by atoms with Gasteiger partial charge in [0.05, 0.1) is 17.8 Å². The third-order valence-electron chi connectivity index (χ3n) is 6.23. The van der Waals surface area contributed by atoms with Gasteiger partial charge < -0.3 is 15.5 Å². The van der Waals surface area contributed by atoms with Crippen molar-refractivity contribution in [1.29, 1.82) is 0 Å². The number of fused-ring (bicyclic) bond motifs is 1. The molecule has 3 amide bonds. The monoisotopic (exact) mass is 379 g/mol. The second kappa shape index (κ2) is 6.09. The van der Waals surface area contributed by atoms with E-state index in [0.717, 1.165) is 30.5 Å². The predicted molar refractivity (Wildman–Crippen MR) is 105 cm³/mol. The molecule has 7 nitrogen and oxygen atoms in total. The van der Waals surface area contributed by atoms with Crippen LogP contribution in [0.25, 0.3) is 0 Å². The molecule has 0 radical (unpaired) electrons. The standard InChI is InChI=1S/C21H25N5O2/c1-21(2)17-15(18(25-24-17)23-19(27)13-8-9-13)11-26(21)20(28)22-16-10-14(16)12-6-4-3-5-7-12/h3-7,13-14,16H,8-11H2,1-2H3,(H,22,28)(H2,23,24,25,27)/t14-,16+/m0/s1. The van der Waals surface area contributed by atoms with Gasteiger partial charge in [-0.25, -0.2) is 4.79 Å². The van der Waals surface area contributed by atoms with Crippen LogP contribution in [0, 0.1) is 5.92 Å². The molecule has 3 N–H and O–H groups in total. The summed E-state index contributed by atoms with van der Waals surface area (Å²) in [6.07, 6.45) is 2.87. The maximum Gasteiger partial charge on any atom is 0.318 e. The highest BCUT2D eigenvalue weighted by molar-refractivity contribution is 5.94. The number of nitrogens with one attached hydrogen (secondary N) is 3. The average molecular weight is 379 g/mol. The van der Waals surface area contributed by atoms with E-state index in [2.05, 4.69) is 33.0 Å². The van der Waals surface area contributed by atoms with Crippen molar-refractivity contribution in [3.63, 3.8) is 0 Å². The Hall–Kier alpha value is -2.83. The van der Waals surface area contributed by atoms with Gasteiger partial charge in [-0.05, 0) is 38.7 Å². The highest BCUT2D eigenvalue weighted by Gasteiger charge is 2.47. The van der Waals surface area contributed by atoms with E-state index in [-0.39, 0.29) is 23.9 Å². The van der Waals surface area contributed by atoms with Crippen LogP contribution in [-0.4, -0.2) is 33.1 Å². The van der Waals surface area contributed by atoms with Crippen molar-refractivity contribution in [1.82, 2.24) is 20.4 Å². The Morgan fingerprint density at radius 3 is 2.68 bits per heavy atom. The van der Waals surface area contributed by atoms with Crippen molar-refractivity contribution in [3.8, 4) is 0 Å². The Kier molecular flexibility index (Phi) is 3.76. The fourth-order valence-corrected chi connectivity index (χ4v) is 4.17. The van der Waals surface area contributed by atoms with E-state index in [9.17, 15) is 9.59 Å². The van der Waals surface area contributed by atoms with Gasteiger partial charge in [-0.1, -0.05) is 30.3 Å². The number of carbonyl (C=O) groups is 2. The van der Waals surface area contributed by atoms with Crippen LogP contribution in [0.2, 0.25) is 0 Å². The number of aromatic amines is 1. The summed E-state index contributed by atoms with van der Waals surface area (Å²) in [5.41, 5.74) is 2.56. The molecule has 3 aliphatic rings. The van der Waals surface area contributed by atoms with Gasteiger partial charge in [0.15, 0.2) is 5.82 Å². The molecular formula is C21H25N5O2. The molecule has 2 aromatic rings. The van der Waals surface area contributed by atoms with Gasteiger partial charge in [0.1, 0.15) is 0 Å². The minimum absolute atomic E-state index is 0.0266. The van der Waals surface area contributed by atoms with Crippen LogP contribution < -0.4 is 10.6 Å². The van der Waals surface area contributed by atoms with E-state index >= 15 is 0 Å². The number of urea groups is 1. The maximum absolute atomic E-state index is 13.0. The van der Waals surface area contributed by atoms with Gasteiger partial charge in [0.2, 0.25) is 5.91 Å². The molecule has 1 aromatic carbocycles. The van der Waals surface area contributed by atoms with Crippen LogP contribution in [0.15, 0.2) is 30.3 Å². The summed E-state index contributed by atoms with van der Waals surface area (Å²) >= 11 is 0. The molecule has 2 heterocycles. The molecule has 0 saturated heterocycles. The van der Waals surface area contributed by atoms with Gasteiger partial charge in [-0.15, -0.1) is 0 Å². The average Bonchev–Trinajstić information content (AvgIpc) is 3.58. The van der Waals surface area contributed by atoms with Crippen LogP contribution in [0.5, 0.6) is 0 Å². The molecule has 146 valence electrons. The first-order valence-corrected chi connectivity index (χ1v) is 9.97. The number of nitrogens with zero attached hydrogens (tertiary/aromatic N) is 2. The third-order valence-corrected chi connectivity index (χ3v) is 6.23. The third kappa shape index (κ3) is 2.85. The highest BCUT2D eigenvalue weighted by atomic mass is 16.2. The smallest absolute Gasteiger partial charge is 0.318 e. The minimum Gasteiger partial charge on any atom is -0.335 e. The minimum atomic E-state index is -0.508. The fraction of sp³-hybridized carbons (Fsp3) is 0.476. The van der Waals surface area contributed by atoms with Crippen LogP contribution >= 0.6 is 0 Å². The van der Waals surface area contributed by atoms with E-state index in [0.29, 0.717) is 18.3 Å². The van der Waals surface area contributed by atoms with E-state index in [1.807, 2.05) is 36.9 Å². The molecule has 0 bridgehead atoms. The summed E-state index contributed by atoms with van der Waals surface area (Å²) in [4.78, 5) is 26.9. The van der Waals surface area contributed by atoms with E-state index in [1.165, 1.54) is 5.56 Å². The summed E-state index contributed by atoms with van der Waals surface area (Å²) in [5, 5.41) is 13.4. The van der Waals surface area contributed by atoms with Crippen molar-refractivity contribution in [2.75, 3.05) is 5.32 Å². The van der Waals surface area contributed by atoms with Crippen LogP contribution in [0.3, 0.4) is 0 Å². The molecule has 2 saturated carbocycles. The number of carbonyl (C=O) groups excluding carboxylic acids is 2. The number of amides is 3. The molecule has 0 spiro atoms. The SMILES string of the molecule is CC1(C)c2[nH]nc(NC(=O)C3CC3)c2CN1C(=O)N[C@@H]1C[C@H]1c1ccccc1. The quantitative estimate of drug-likeness (QED) is 0.763. The first-order valence-electron chi connectivity index (χ1n) is 9.97. The second-order valence-electron chi connectivity index (χ2n) is 8.64. The molecule has 2 atom stereocenters. The zero-order valence-corrected chi connectivity index (χ0v) is 16.2. The molecule has 28 heavy (non-hydrogen) atoms. The molecule has 0 unspecified atom stereocenters. The van der Waals surface area contributed by atoms with Crippen molar-refractivity contribution in [3.05, 3.63) is 47.2 Å². The van der Waals surface area contributed by atoms with Crippen molar-refractivity contribution >= 4 is 17.8 Å². The van der Waals surface area contributed by atoms with E-state index < -0.39 is 5.54 Å². The molecule has 7 heteroatoms. The Balaban J connectivity index is 1.27. The summed E-state index contributed by atoms with van der Waals surface area (Å²) in [5.74, 6) is 1.09. The summed E-state index contributed by atoms with van der Waals surface area (Å²) < 4.78 is 0. The molecule has 2 aliphatic carbocycles. The number of hydrogen-bond donors (Lipinski definition) is 3. The number of H-pyrrole nitrogens is 1. The van der Waals surface area contributed by atoms with Gasteiger partial charge in [0.25, 0.3) is 0 Å². The molecule has 1 aromatic heterocycles. The lowest BCUT2D eigenvalue weighted by Crippen LogP contribution is -2.47. The van der Waals surface area contributed by atoms with E-state index in [4.69, 9.17) is 0 Å². The number of rotatable bonds is 4. The predicted octanol–water partition coefficient (Wildman–Crippen LogP) is 3.07. The van der Waals surface area contributed by atoms with Gasteiger partial charge in [-0.2, -0.15) is 5.10 Å². The van der Waals surface area contributed by atoms with Crippen molar-refractivity contribution < 1.29 is 9.59 Å². The lowest BCUT2D eigenvalue weighted by molar-refractivity contribution is -0.117. The number of benzene rings is 1. The lowest BCUT2D eigenvalue weighted by atomic mass is 10.0. The van der Waals surface area contributed by atoms with Crippen molar-refractivity contribution in [2.24, 2.45) is 5.92 Å². The molecule has 2 fully saturated rings. The topological polar surface area (TPSA) is 90.1 Å². The Labute approximate surface area is 163 Å². The lowest BCUT2D eigenvalue weighted by Gasteiger charge is -2.32. The van der Waals surface area contributed by atoms with Crippen LogP contribution in [0.1, 0.15) is 55.8 Å². The zero-order chi connectivity index (χ0) is 19.5. The highest BCUT2D eigenvalue weighted by Crippen LogP contribution is 2.43. The normalized spacial score (nSPS) is 24.6. The molecular weight excluding hydrogens is 354 g/mol. The second-order valence-corrected chi connectivity index (χ2v) is 8.64. The van der Waals surface area contributed by atoms with Crippen molar-refractivity contribution in [2.45, 2.75) is 57.2 Å². The Morgan fingerprint density at radius 1 is 1.21 bits per heavy atom. The Morgan fingerprint density at radius 2 is 1.96 bits per heavy atom. The van der Waals surface area contributed by atoms with Crippen LogP contribution in [-0.2, 0) is 16.9 Å². The fourth-order valence-electron chi connectivity index (χ4n) is 4.17. The Bertz CT molecular complexity index is 932. The number of aromatic nitrogens is 2. The molecule has 1 aliphatic heterocycles. The van der Waals surface area contributed by atoms with Gasteiger partial charge in [0, 0.05) is 23.4 Å². The first kappa shape index (κ1) is 17.3. The number of anilines is 1. The zero-order valence-electron chi connectivity index (χ0n) is 16.2. The number of hydrogen-bond acceptors (Lipinski definition) is 3.